The molecule has 1 aliphatic carbocycles. The van der Waals surface area contributed by atoms with Gasteiger partial charge in [-0.2, -0.15) is 0 Å². The smallest absolute Gasteiger partial charge is 0.264 e. The Bertz CT molecular complexity index is 1360. The normalized spacial score (nSPS) is 14.5. The van der Waals surface area contributed by atoms with Gasteiger partial charge in [-0.15, -0.1) is 0 Å². The van der Waals surface area contributed by atoms with Crippen molar-refractivity contribution in [2.24, 2.45) is 0 Å². The van der Waals surface area contributed by atoms with E-state index < -0.39 is 28.5 Å². The SMILES string of the molecule is CC[C@H](C(=O)NC1CCCC1)N(Cc1ccccc1)C(=O)CN(c1ccccc1C)S(=O)(=O)c1ccccc1. The second kappa shape index (κ2) is 12.9. The molecular weight excluding hydrogens is 510 g/mol. The minimum atomic E-state index is -4.06. The van der Waals surface area contributed by atoms with Gasteiger partial charge >= 0.3 is 0 Å². The number of rotatable bonds is 11. The molecule has 0 spiro atoms. The van der Waals surface area contributed by atoms with Crippen LogP contribution in [0.5, 0.6) is 0 Å². The molecule has 1 saturated carbocycles. The molecule has 8 heteroatoms. The van der Waals surface area contributed by atoms with Gasteiger partial charge in [0.1, 0.15) is 12.6 Å². The average molecular weight is 548 g/mol. The van der Waals surface area contributed by atoms with Gasteiger partial charge in [-0.3, -0.25) is 13.9 Å². The monoisotopic (exact) mass is 547 g/mol. The van der Waals surface area contributed by atoms with E-state index in [9.17, 15) is 18.0 Å². The Kier molecular flexibility index (Phi) is 9.41. The van der Waals surface area contributed by atoms with Crippen molar-refractivity contribution in [3.63, 3.8) is 0 Å². The summed E-state index contributed by atoms with van der Waals surface area (Å²) in [5.41, 5.74) is 2.02. The maximum atomic E-state index is 14.1. The molecule has 3 aromatic carbocycles. The third kappa shape index (κ3) is 6.87. The van der Waals surface area contributed by atoms with Crippen LogP contribution in [0.4, 0.5) is 5.69 Å². The molecule has 2 amide bonds. The molecule has 4 rings (SSSR count). The summed E-state index contributed by atoms with van der Waals surface area (Å²) in [6.07, 6.45) is 4.44. The lowest BCUT2D eigenvalue weighted by Gasteiger charge is -2.34. The summed E-state index contributed by atoms with van der Waals surface area (Å²) in [6, 6.07) is 24.1. The second-order valence-corrected chi connectivity index (χ2v) is 11.9. The van der Waals surface area contributed by atoms with Crippen molar-refractivity contribution in [2.45, 2.75) is 69.5 Å². The molecule has 0 aromatic heterocycles. The Balaban J connectivity index is 1.70. The van der Waals surface area contributed by atoms with E-state index in [1.165, 1.54) is 21.3 Å². The van der Waals surface area contributed by atoms with E-state index in [1.807, 2.05) is 56.3 Å². The van der Waals surface area contributed by atoms with Crippen LogP contribution in [-0.4, -0.2) is 43.8 Å². The molecular formula is C31H37N3O4S. The van der Waals surface area contributed by atoms with Crippen LogP contribution in [0.3, 0.4) is 0 Å². The zero-order chi connectivity index (χ0) is 27.8. The Morgan fingerprint density at radius 3 is 2.10 bits per heavy atom. The summed E-state index contributed by atoms with van der Waals surface area (Å²) in [4.78, 5) is 29.2. The molecule has 1 fully saturated rings. The highest BCUT2D eigenvalue weighted by molar-refractivity contribution is 7.92. The van der Waals surface area contributed by atoms with Crippen molar-refractivity contribution < 1.29 is 18.0 Å². The molecule has 3 aromatic rings. The first-order valence-electron chi connectivity index (χ1n) is 13.6. The first kappa shape index (κ1) is 28.4. The van der Waals surface area contributed by atoms with Crippen LogP contribution >= 0.6 is 0 Å². The molecule has 0 saturated heterocycles. The number of anilines is 1. The molecule has 39 heavy (non-hydrogen) atoms. The fourth-order valence-electron chi connectivity index (χ4n) is 5.14. The number of sulfonamides is 1. The van der Waals surface area contributed by atoms with Crippen molar-refractivity contribution in [3.05, 3.63) is 96.1 Å². The van der Waals surface area contributed by atoms with E-state index in [1.54, 1.807) is 30.3 Å². The van der Waals surface area contributed by atoms with Gasteiger partial charge in [-0.1, -0.05) is 86.5 Å². The third-order valence-corrected chi connectivity index (χ3v) is 9.05. The first-order valence-corrected chi connectivity index (χ1v) is 15.0. The van der Waals surface area contributed by atoms with Gasteiger partial charge in [-0.25, -0.2) is 8.42 Å². The van der Waals surface area contributed by atoms with E-state index in [-0.39, 0.29) is 23.4 Å². The quantitative estimate of drug-likeness (QED) is 0.364. The summed E-state index contributed by atoms with van der Waals surface area (Å²) >= 11 is 0. The molecule has 0 bridgehead atoms. The number of nitrogens with zero attached hydrogens (tertiary/aromatic N) is 2. The Morgan fingerprint density at radius 2 is 1.49 bits per heavy atom. The zero-order valence-electron chi connectivity index (χ0n) is 22.6. The first-order chi connectivity index (χ1) is 18.8. The Hall–Kier alpha value is -3.65. The Labute approximate surface area is 231 Å². The molecule has 0 unspecified atom stereocenters. The predicted molar refractivity (Wildman–Crippen MR) is 154 cm³/mol. The maximum Gasteiger partial charge on any atom is 0.264 e. The zero-order valence-corrected chi connectivity index (χ0v) is 23.4. The van der Waals surface area contributed by atoms with Gasteiger partial charge in [0.05, 0.1) is 10.6 Å². The number of hydrogen-bond acceptors (Lipinski definition) is 4. The summed E-state index contributed by atoms with van der Waals surface area (Å²) in [7, 11) is -4.06. The number of aryl methyl sites for hydroxylation is 1. The van der Waals surface area contributed by atoms with Crippen molar-refractivity contribution >= 4 is 27.5 Å². The molecule has 1 aliphatic rings. The molecule has 0 heterocycles. The number of nitrogens with one attached hydrogen (secondary N) is 1. The number of benzene rings is 3. The average Bonchev–Trinajstić information content (AvgIpc) is 3.46. The largest absolute Gasteiger partial charge is 0.352 e. The third-order valence-electron chi connectivity index (χ3n) is 7.28. The molecule has 0 aliphatic heterocycles. The van der Waals surface area contributed by atoms with Gasteiger partial charge in [0, 0.05) is 12.6 Å². The number of amides is 2. The highest BCUT2D eigenvalue weighted by Crippen LogP contribution is 2.27. The fourth-order valence-corrected chi connectivity index (χ4v) is 6.64. The molecule has 206 valence electrons. The van der Waals surface area contributed by atoms with Crippen LogP contribution in [0.1, 0.15) is 50.2 Å². The van der Waals surface area contributed by atoms with Crippen LogP contribution in [0, 0.1) is 6.92 Å². The van der Waals surface area contributed by atoms with E-state index in [4.69, 9.17) is 0 Å². The molecule has 1 N–H and O–H groups in total. The van der Waals surface area contributed by atoms with Crippen molar-refractivity contribution in [1.29, 1.82) is 0 Å². The number of hydrogen-bond donors (Lipinski definition) is 1. The number of carbonyl (C=O) groups is 2. The van der Waals surface area contributed by atoms with Crippen LogP contribution in [-0.2, 0) is 26.2 Å². The Morgan fingerprint density at radius 1 is 0.897 bits per heavy atom. The van der Waals surface area contributed by atoms with Crippen molar-refractivity contribution in [2.75, 3.05) is 10.8 Å². The highest BCUT2D eigenvalue weighted by atomic mass is 32.2. The van der Waals surface area contributed by atoms with E-state index in [2.05, 4.69) is 5.32 Å². The fraction of sp³-hybridized carbons (Fsp3) is 0.355. The van der Waals surface area contributed by atoms with Gasteiger partial charge in [0.15, 0.2) is 0 Å². The lowest BCUT2D eigenvalue weighted by atomic mass is 10.1. The van der Waals surface area contributed by atoms with E-state index in [0.717, 1.165) is 36.8 Å². The molecule has 7 nitrogen and oxygen atoms in total. The summed E-state index contributed by atoms with van der Waals surface area (Å²) < 4.78 is 28.9. The van der Waals surface area contributed by atoms with Crippen molar-refractivity contribution in [3.8, 4) is 0 Å². The van der Waals surface area contributed by atoms with Gasteiger partial charge in [0.25, 0.3) is 10.0 Å². The topological polar surface area (TPSA) is 86.8 Å². The lowest BCUT2D eigenvalue weighted by molar-refractivity contribution is -0.140. The molecule has 0 radical (unpaired) electrons. The lowest BCUT2D eigenvalue weighted by Crippen LogP contribution is -2.53. The van der Waals surface area contributed by atoms with Gasteiger partial charge < -0.3 is 10.2 Å². The summed E-state index contributed by atoms with van der Waals surface area (Å²) in [6.45, 7) is 3.47. The number of para-hydroxylation sites is 1. The van der Waals surface area contributed by atoms with E-state index >= 15 is 0 Å². The van der Waals surface area contributed by atoms with Crippen molar-refractivity contribution in [1.82, 2.24) is 10.2 Å². The van der Waals surface area contributed by atoms with Crippen LogP contribution in [0.2, 0.25) is 0 Å². The van der Waals surface area contributed by atoms with E-state index in [0.29, 0.717) is 12.1 Å². The second-order valence-electron chi connectivity index (χ2n) is 10.0. The van der Waals surface area contributed by atoms with Gasteiger partial charge in [-0.05, 0) is 55.5 Å². The van der Waals surface area contributed by atoms with Crippen LogP contribution in [0.25, 0.3) is 0 Å². The van der Waals surface area contributed by atoms with Crippen LogP contribution < -0.4 is 9.62 Å². The molecule has 1 atom stereocenters. The minimum absolute atomic E-state index is 0.0988. The van der Waals surface area contributed by atoms with Gasteiger partial charge in [0.2, 0.25) is 11.8 Å². The summed E-state index contributed by atoms with van der Waals surface area (Å²) in [5, 5.41) is 3.14. The standard InChI is InChI=1S/C31H37N3O4S/c1-3-28(31(36)32-26-17-11-12-18-26)33(22-25-15-6-4-7-16-25)30(35)23-34(29-21-13-10-14-24(29)2)39(37,38)27-19-8-5-9-20-27/h4-10,13-16,19-21,26,28H,3,11-12,17-18,22-23H2,1-2H3,(H,32,36)/t28-/m1/s1. The number of carbonyl (C=O) groups excluding carboxylic acids is 2. The minimum Gasteiger partial charge on any atom is -0.352 e. The summed E-state index contributed by atoms with van der Waals surface area (Å²) in [5.74, 6) is -0.628. The maximum absolute atomic E-state index is 14.1. The highest BCUT2D eigenvalue weighted by Gasteiger charge is 2.34. The van der Waals surface area contributed by atoms with Crippen LogP contribution in [0.15, 0.2) is 89.8 Å². The predicted octanol–water partition coefficient (Wildman–Crippen LogP) is 5.06.